The third-order valence-corrected chi connectivity index (χ3v) is 7.51. The number of amides is 2. The number of hydrogen-bond acceptors (Lipinski definition) is 7. The number of carbonyl (C=O) groups is 2. The van der Waals surface area contributed by atoms with E-state index in [4.69, 9.17) is 9.47 Å². The predicted octanol–water partition coefficient (Wildman–Crippen LogP) is 2.25. The number of benzene rings is 1. The van der Waals surface area contributed by atoms with Crippen molar-refractivity contribution in [2.45, 2.75) is 62.8 Å². The Balaban J connectivity index is 1.18. The van der Waals surface area contributed by atoms with Crippen molar-refractivity contribution in [3.8, 4) is 5.75 Å². The number of nitrogens with one attached hydrogen (secondary N) is 2. The van der Waals surface area contributed by atoms with Gasteiger partial charge in [-0.05, 0) is 68.2 Å². The highest BCUT2D eigenvalue weighted by Gasteiger charge is 2.46. The molecule has 3 aliphatic heterocycles. The average molecular weight is 509 g/mol. The summed E-state index contributed by atoms with van der Waals surface area (Å²) >= 11 is 0. The molecular weight excluding hydrogens is 472 g/mol. The number of piperidine rings is 1. The first-order valence-corrected chi connectivity index (χ1v) is 13.3. The van der Waals surface area contributed by atoms with Crippen LogP contribution in [0, 0.1) is 0 Å². The molecule has 4 heterocycles. The number of likely N-dealkylation sites (tertiary alicyclic amines) is 1. The van der Waals surface area contributed by atoms with Crippen molar-refractivity contribution in [1.82, 2.24) is 15.2 Å². The first kappa shape index (κ1) is 25.6. The number of nitrogens with zero attached hydrogens (tertiary/aromatic N) is 2. The zero-order chi connectivity index (χ0) is 25.6. The summed E-state index contributed by atoms with van der Waals surface area (Å²) in [5, 5.41) is 16.0. The maximum atomic E-state index is 12.7. The van der Waals surface area contributed by atoms with Gasteiger partial charge >= 0.3 is 0 Å². The topological polar surface area (TPSA) is 113 Å². The van der Waals surface area contributed by atoms with Crippen LogP contribution in [0.3, 0.4) is 0 Å². The molecule has 3 aliphatic rings. The van der Waals surface area contributed by atoms with Crippen LogP contribution in [-0.2, 0) is 20.7 Å². The molecule has 0 unspecified atom stereocenters. The fourth-order valence-electron chi connectivity index (χ4n) is 5.67. The van der Waals surface area contributed by atoms with Crippen LogP contribution in [0.1, 0.15) is 49.1 Å². The van der Waals surface area contributed by atoms with Crippen LogP contribution in [0.2, 0.25) is 0 Å². The third kappa shape index (κ3) is 6.47. The van der Waals surface area contributed by atoms with Crippen molar-refractivity contribution in [2.24, 2.45) is 0 Å². The molecule has 1 aromatic carbocycles. The standard InChI is InChI=1S/C28H36N4O5/c33-18-25-28-23(16-21(36-25)17-26(34)30-10-13-32-11-2-1-3-12-32)22-15-20(4-5-24(22)37-28)31-27(35)14-19-6-8-29-9-7-19/h4-9,15,21,23,25,28,33H,1-3,10-14,16-18H2,(H,30,34)(H,31,35)/t21-,23-,25-,28+/m0/s1. The molecule has 37 heavy (non-hydrogen) atoms. The fraction of sp³-hybridized carbons (Fsp3) is 0.536. The zero-order valence-corrected chi connectivity index (χ0v) is 21.1. The lowest BCUT2D eigenvalue weighted by Gasteiger charge is -2.37. The highest BCUT2D eigenvalue weighted by Crippen LogP contribution is 2.47. The number of anilines is 1. The van der Waals surface area contributed by atoms with E-state index in [0.29, 0.717) is 18.7 Å². The molecule has 0 aliphatic carbocycles. The summed E-state index contributed by atoms with van der Waals surface area (Å²) in [6, 6.07) is 9.26. The Kier molecular flexibility index (Phi) is 8.33. The average Bonchev–Trinajstić information content (AvgIpc) is 3.27. The third-order valence-electron chi connectivity index (χ3n) is 7.51. The van der Waals surface area contributed by atoms with E-state index in [0.717, 1.165) is 36.5 Å². The molecule has 0 radical (unpaired) electrons. The van der Waals surface area contributed by atoms with Crippen LogP contribution in [0.4, 0.5) is 5.69 Å². The molecule has 2 aromatic rings. The summed E-state index contributed by atoms with van der Waals surface area (Å²) in [4.78, 5) is 31.6. The van der Waals surface area contributed by atoms with E-state index >= 15 is 0 Å². The van der Waals surface area contributed by atoms with Crippen LogP contribution in [0.25, 0.3) is 0 Å². The normalized spacial score (nSPS) is 25.0. The van der Waals surface area contributed by atoms with Gasteiger partial charge in [-0.15, -0.1) is 0 Å². The summed E-state index contributed by atoms with van der Waals surface area (Å²) in [5.41, 5.74) is 2.56. The van der Waals surface area contributed by atoms with Crippen molar-refractivity contribution in [3.63, 3.8) is 0 Å². The van der Waals surface area contributed by atoms with E-state index in [-0.39, 0.29) is 49.4 Å². The Hall–Kier alpha value is -3.01. The molecule has 2 amide bonds. The van der Waals surface area contributed by atoms with Gasteiger partial charge in [0.1, 0.15) is 18.0 Å². The van der Waals surface area contributed by atoms with Gasteiger partial charge in [0.25, 0.3) is 0 Å². The van der Waals surface area contributed by atoms with Crippen molar-refractivity contribution < 1.29 is 24.2 Å². The number of carbonyl (C=O) groups excluding carboxylic acids is 2. The smallest absolute Gasteiger partial charge is 0.228 e. The number of fused-ring (bicyclic) bond motifs is 3. The highest BCUT2D eigenvalue weighted by molar-refractivity contribution is 5.92. The van der Waals surface area contributed by atoms with Crippen molar-refractivity contribution >= 4 is 17.5 Å². The van der Waals surface area contributed by atoms with Gasteiger partial charge in [0.05, 0.1) is 25.6 Å². The molecule has 3 N–H and O–H groups in total. The minimum Gasteiger partial charge on any atom is -0.487 e. The van der Waals surface area contributed by atoms with E-state index in [2.05, 4.69) is 20.5 Å². The lowest BCUT2D eigenvalue weighted by Crippen LogP contribution is -2.47. The van der Waals surface area contributed by atoms with Gasteiger partial charge in [0.2, 0.25) is 11.8 Å². The lowest BCUT2D eigenvalue weighted by molar-refractivity contribution is -0.142. The summed E-state index contributed by atoms with van der Waals surface area (Å²) in [6.45, 7) is 3.54. The second-order valence-electron chi connectivity index (χ2n) is 10.2. The van der Waals surface area contributed by atoms with Crippen LogP contribution < -0.4 is 15.4 Å². The van der Waals surface area contributed by atoms with Gasteiger partial charge in [-0.25, -0.2) is 0 Å². The van der Waals surface area contributed by atoms with Gasteiger partial charge in [0.15, 0.2) is 0 Å². The van der Waals surface area contributed by atoms with Crippen molar-refractivity contribution in [3.05, 3.63) is 53.9 Å². The number of aliphatic hydroxyl groups excluding tert-OH is 1. The van der Waals surface area contributed by atoms with E-state index < -0.39 is 6.10 Å². The van der Waals surface area contributed by atoms with Crippen LogP contribution in [0.15, 0.2) is 42.7 Å². The molecule has 4 atom stereocenters. The molecule has 1 aromatic heterocycles. The lowest BCUT2D eigenvalue weighted by atomic mass is 9.84. The number of ether oxygens (including phenoxy) is 2. The molecule has 9 nitrogen and oxygen atoms in total. The first-order chi connectivity index (χ1) is 18.1. The van der Waals surface area contributed by atoms with Crippen LogP contribution in [-0.4, -0.2) is 77.9 Å². The number of pyridine rings is 1. The number of rotatable bonds is 9. The molecule has 0 spiro atoms. The van der Waals surface area contributed by atoms with E-state index in [9.17, 15) is 14.7 Å². The number of aliphatic hydroxyl groups is 1. The Labute approximate surface area is 217 Å². The van der Waals surface area contributed by atoms with Crippen LogP contribution >= 0.6 is 0 Å². The first-order valence-electron chi connectivity index (χ1n) is 13.3. The van der Waals surface area contributed by atoms with E-state index in [1.54, 1.807) is 12.4 Å². The second kappa shape index (κ2) is 12.0. The van der Waals surface area contributed by atoms with Gasteiger partial charge in [-0.2, -0.15) is 0 Å². The van der Waals surface area contributed by atoms with Crippen molar-refractivity contribution in [2.75, 3.05) is 38.1 Å². The number of aromatic nitrogens is 1. The summed E-state index contributed by atoms with van der Waals surface area (Å²) in [5.74, 6) is 0.564. The molecule has 198 valence electrons. The van der Waals surface area contributed by atoms with Gasteiger partial charge in [-0.1, -0.05) is 6.42 Å². The van der Waals surface area contributed by atoms with Gasteiger partial charge in [0, 0.05) is 42.7 Å². The molecule has 2 fully saturated rings. The second-order valence-corrected chi connectivity index (χ2v) is 10.2. The van der Waals surface area contributed by atoms with Crippen LogP contribution in [0.5, 0.6) is 5.75 Å². The highest BCUT2D eigenvalue weighted by atomic mass is 16.6. The molecule has 0 bridgehead atoms. The summed E-state index contributed by atoms with van der Waals surface area (Å²) in [7, 11) is 0. The quantitative estimate of drug-likeness (QED) is 0.476. The van der Waals surface area contributed by atoms with Gasteiger partial charge in [-0.3, -0.25) is 14.6 Å². The van der Waals surface area contributed by atoms with Gasteiger partial charge < -0.3 is 30.1 Å². The zero-order valence-electron chi connectivity index (χ0n) is 21.1. The van der Waals surface area contributed by atoms with Crippen molar-refractivity contribution in [1.29, 1.82) is 0 Å². The Bertz CT molecular complexity index is 1080. The number of hydrogen-bond donors (Lipinski definition) is 3. The maximum Gasteiger partial charge on any atom is 0.228 e. The SMILES string of the molecule is O=C(C[C@@H]1C[C@H]2c3cc(NC(=O)Cc4ccncc4)ccc3O[C@H]2[C@H](CO)O1)NCCN1CCCCC1. The molecule has 9 heteroatoms. The summed E-state index contributed by atoms with van der Waals surface area (Å²) < 4.78 is 12.2. The predicted molar refractivity (Wildman–Crippen MR) is 138 cm³/mol. The van der Waals surface area contributed by atoms with E-state index in [1.165, 1.54) is 19.3 Å². The molecule has 2 saturated heterocycles. The maximum absolute atomic E-state index is 12.7. The molecule has 5 rings (SSSR count). The minimum atomic E-state index is -0.512. The largest absolute Gasteiger partial charge is 0.487 e. The Morgan fingerprint density at radius 3 is 2.68 bits per heavy atom. The molecular formula is C28H36N4O5. The Morgan fingerprint density at radius 1 is 1.08 bits per heavy atom. The minimum absolute atomic E-state index is 0.0240. The molecule has 0 saturated carbocycles. The monoisotopic (exact) mass is 508 g/mol. The fourth-order valence-corrected chi connectivity index (χ4v) is 5.67. The van der Waals surface area contributed by atoms with E-state index in [1.807, 2.05) is 30.3 Å². The summed E-state index contributed by atoms with van der Waals surface area (Å²) in [6.07, 6.45) is 7.08. The Morgan fingerprint density at radius 2 is 1.89 bits per heavy atom.